The number of imidazole rings is 1. The molecule has 1 aromatic heterocycles. The van der Waals surface area contributed by atoms with Crippen LogP contribution in [0.3, 0.4) is 0 Å². The molecule has 23 heavy (non-hydrogen) atoms. The lowest BCUT2D eigenvalue weighted by Gasteiger charge is -2.39. The molecule has 1 aromatic carbocycles. The van der Waals surface area contributed by atoms with Gasteiger partial charge in [0.1, 0.15) is 11.3 Å². The molecule has 4 nitrogen and oxygen atoms in total. The average molecular weight is 315 g/mol. The third-order valence-electron chi connectivity index (χ3n) is 6.83. The summed E-state index contributed by atoms with van der Waals surface area (Å²) in [5.74, 6) is -0.00160. The summed E-state index contributed by atoms with van der Waals surface area (Å²) < 4.78 is 13.8. The van der Waals surface area contributed by atoms with Crippen LogP contribution in [0, 0.1) is 22.6 Å². The SMILES string of the molecule is CC1(C)[C@H]2CC[C@@]1(C)[C@H](NC(=O)c1cc(F)cc3[nH]cnc13)C2. The van der Waals surface area contributed by atoms with Crippen molar-refractivity contribution in [1.29, 1.82) is 0 Å². The molecule has 1 amide bonds. The van der Waals surface area contributed by atoms with E-state index in [4.69, 9.17) is 0 Å². The van der Waals surface area contributed by atoms with Crippen LogP contribution in [-0.4, -0.2) is 21.9 Å². The molecule has 5 heteroatoms. The number of benzene rings is 1. The highest BCUT2D eigenvalue weighted by Crippen LogP contribution is 2.65. The Morgan fingerprint density at radius 3 is 2.83 bits per heavy atom. The highest BCUT2D eigenvalue weighted by molar-refractivity contribution is 6.05. The van der Waals surface area contributed by atoms with E-state index in [0.717, 1.165) is 12.8 Å². The smallest absolute Gasteiger partial charge is 0.253 e. The van der Waals surface area contributed by atoms with Crippen molar-refractivity contribution in [1.82, 2.24) is 15.3 Å². The van der Waals surface area contributed by atoms with Crippen LogP contribution in [0.15, 0.2) is 18.5 Å². The Labute approximate surface area is 134 Å². The van der Waals surface area contributed by atoms with Gasteiger partial charge >= 0.3 is 0 Å². The fraction of sp³-hybridized carbons (Fsp3) is 0.556. The minimum Gasteiger partial charge on any atom is -0.349 e. The maximum Gasteiger partial charge on any atom is 0.253 e. The fourth-order valence-corrected chi connectivity index (χ4v) is 4.85. The maximum absolute atomic E-state index is 13.8. The van der Waals surface area contributed by atoms with Gasteiger partial charge in [-0.2, -0.15) is 0 Å². The number of carbonyl (C=O) groups is 1. The van der Waals surface area contributed by atoms with Crippen LogP contribution < -0.4 is 5.32 Å². The lowest BCUT2D eigenvalue weighted by atomic mass is 9.69. The number of nitrogens with one attached hydrogen (secondary N) is 2. The van der Waals surface area contributed by atoms with Gasteiger partial charge in [0.15, 0.2) is 0 Å². The third-order valence-corrected chi connectivity index (χ3v) is 6.83. The van der Waals surface area contributed by atoms with Crippen molar-refractivity contribution < 1.29 is 9.18 Å². The van der Waals surface area contributed by atoms with Crippen molar-refractivity contribution in [2.45, 2.75) is 46.1 Å². The van der Waals surface area contributed by atoms with E-state index in [0.29, 0.717) is 22.5 Å². The Hall–Kier alpha value is -1.91. The van der Waals surface area contributed by atoms with Gasteiger partial charge in [0.05, 0.1) is 17.4 Å². The fourth-order valence-electron chi connectivity index (χ4n) is 4.85. The molecule has 2 fully saturated rings. The lowest BCUT2D eigenvalue weighted by Crippen LogP contribution is -2.46. The van der Waals surface area contributed by atoms with Crippen LogP contribution in [0.25, 0.3) is 11.0 Å². The van der Waals surface area contributed by atoms with Gasteiger partial charge in [0, 0.05) is 6.04 Å². The molecule has 0 spiro atoms. The van der Waals surface area contributed by atoms with Crippen molar-refractivity contribution in [3.05, 3.63) is 29.8 Å². The number of amides is 1. The molecule has 2 aliphatic rings. The highest BCUT2D eigenvalue weighted by Gasteiger charge is 2.61. The maximum atomic E-state index is 13.8. The Kier molecular flexibility index (Phi) is 2.91. The van der Waals surface area contributed by atoms with Crippen LogP contribution in [0.5, 0.6) is 0 Å². The second-order valence-corrected chi connectivity index (χ2v) is 7.89. The zero-order chi connectivity index (χ0) is 16.4. The van der Waals surface area contributed by atoms with Crippen molar-refractivity contribution in [3.63, 3.8) is 0 Å². The number of aromatic nitrogens is 2. The predicted molar refractivity (Wildman–Crippen MR) is 86.5 cm³/mol. The van der Waals surface area contributed by atoms with E-state index < -0.39 is 5.82 Å². The van der Waals surface area contributed by atoms with Crippen LogP contribution in [0.1, 0.15) is 50.4 Å². The molecule has 0 unspecified atom stereocenters. The number of nitrogens with zero attached hydrogens (tertiary/aromatic N) is 1. The van der Waals surface area contributed by atoms with Gasteiger partial charge in [0.25, 0.3) is 5.91 Å². The molecule has 2 aromatic rings. The van der Waals surface area contributed by atoms with Gasteiger partial charge in [-0.3, -0.25) is 4.79 Å². The number of hydrogen-bond acceptors (Lipinski definition) is 2. The summed E-state index contributed by atoms with van der Waals surface area (Å²) >= 11 is 0. The van der Waals surface area contributed by atoms with Gasteiger partial charge in [-0.25, -0.2) is 9.37 Å². The van der Waals surface area contributed by atoms with Crippen molar-refractivity contribution >= 4 is 16.9 Å². The zero-order valence-corrected chi connectivity index (χ0v) is 13.7. The first-order valence-electron chi connectivity index (χ1n) is 8.26. The Balaban J connectivity index is 1.65. The summed E-state index contributed by atoms with van der Waals surface area (Å²) in [4.78, 5) is 19.8. The molecule has 2 aliphatic carbocycles. The molecule has 2 N–H and O–H groups in total. The molecular weight excluding hydrogens is 293 g/mol. The second-order valence-electron chi connectivity index (χ2n) is 7.89. The first kappa shape index (κ1) is 14.7. The van der Waals surface area contributed by atoms with Gasteiger partial charge in [-0.05, 0) is 48.1 Å². The summed E-state index contributed by atoms with van der Waals surface area (Å²) in [6.07, 6.45) is 4.87. The van der Waals surface area contributed by atoms with Gasteiger partial charge in [0.2, 0.25) is 0 Å². The number of fused-ring (bicyclic) bond motifs is 3. The number of carbonyl (C=O) groups excluding carboxylic acids is 1. The summed E-state index contributed by atoms with van der Waals surface area (Å²) in [6, 6.07) is 2.78. The number of hydrogen-bond donors (Lipinski definition) is 2. The summed E-state index contributed by atoms with van der Waals surface area (Å²) in [6.45, 7) is 6.90. The van der Waals surface area contributed by atoms with Crippen molar-refractivity contribution in [3.8, 4) is 0 Å². The van der Waals surface area contributed by atoms with E-state index in [-0.39, 0.29) is 22.8 Å². The van der Waals surface area contributed by atoms with E-state index in [1.807, 2.05) is 0 Å². The van der Waals surface area contributed by atoms with Crippen LogP contribution in [-0.2, 0) is 0 Å². The normalized spacial score (nSPS) is 31.7. The van der Waals surface area contributed by atoms with Gasteiger partial charge in [-0.15, -0.1) is 0 Å². The van der Waals surface area contributed by atoms with E-state index >= 15 is 0 Å². The van der Waals surface area contributed by atoms with Crippen LogP contribution in [0.4, 0.5) is 4.39 Å². The van der Waals surface area contributed by atoms with Crippen molar-refractivity contribution in [2.75, 3.05) is 0 Å². The van der Waals surface area contributed by atoms with Crippen molar-refractivity contribution in [2.24, 2.45) is 16.7 Å². The molecule has 1 heterocycles. The van der Waals surface area contributed by atoms with Crippen LogP contribution >= 0.6 is 0 Å². The van der Waals surface area contributed by atoms with E-state index in [2.05, 4.69) is 36.1 Å². The summed E-state index contributed by atoms with van der Waals surface area (Å²) in [5, 5.41) is 3.17. The van der Waals surface area contributed by atoms with Gasteiger partial charge < -0.3 is 10.3 Å². The monoisotopic (exact) mass is 315 g/mol. The Bertz CT molecular complexity index is 797. The molecule has 3 atom stereocenters. The number of H-pyrrole nitrogens is 1. The average Bonchev–Trinajstić information content (AvgIpc) is 3.08. The van der Waals surface area contributed by atoms with E-state index in [9.17, 15) is 9.18 Å². The Morgan fingerprint density at radius 2 is 2.17 bits per heavy atom. The molecule has 0 saturated heterocycles. The molecule has 0 aliphatic heterocycles. The zero-order valence-electron chi connectivity index (χ0n) is 13.7. The molecule has 0 radical (unpaired) electrons. The molecule has 4 rings (SSSR count). The third kappa shape index (κ3) is 1.88. The highest BCUT2D eigenvalue weighted by atomic mass is 19.1. The van der Waals surface area contributed by atoms with Gasteiger partial charge in [-0.1, -0.05) is 20.8 Å². The first-order chi connectivity index (χ1) is 10.8. The molecule has 122 valence electrons. The Morgan fingerprint density at radius 1 is 1.39 bits per heavy atom. The lowest BCUT2D eigenvalue weighted by molar-refractivity contribution is 0.0827. The molecular formula is C18H22FN3O. The first-order valence-corrected chi connectivity index (χ1v) is 8.26. The largest absolute Gasteiger partial charge is 0.349 e. The second kappa shape index (κ2) is 4.56. The minimum atomic E-state index is -0.425. The standard InChI is InChI=1S/C18H22FN3O/c1-17(2)10-4-5-18(17,3)14(6-10)22-16(23)12-7-11(19)8-13-15(12)21-9-20-13/h7-10,14H,4-6H2,1-3H3,(H,20,21)(H,22,23)/t10-,14+,18-/m0/s1. The van der Waals surface area contributed by atoms with E-state index in [1.165, 1.54) is 24.9 Å². The number of halogens is 1. The number of aromatic amines is 1. The summed E-state index contributed by atoms with van der Waals surface area (Å²) in [7, 11) is 0. The predicted octanol–water partition coefficient (Wildman–Crippen LogP) is 3.65. The molecule has 2 saturated carbocycles. The summed E-state index contributed by atoms with van der Waals surface area (Å²) in [5.41, 5.74) is 1.72. The minimum absolute atomic E-state index is 0.103. The van der Waals surface area contributed by atoms with Crippen LogP contribution in [0.2, 0.25) is 0 Å². The topological polar surface area (TPSA) is 57.8 Å². The number of rotatable bonds is 2. The molecule has 2 bridgehead atoms. The van der Waals surface area contributed by atoms with E-state index in [1.54, 1.807) is 0 Å². The quantitative estimate of drug-likeness (QED) is 0.889.